The van der Waals surface area contributed by atoms with Gasteiger partial charge in [0.15, 0.2) is 0 Å². The average molecular weight is 272 g/mol. The number of hydrogen-bond donors (Lipinski definition) is 0. The summed E-state index contributed by atoms with van der Waals surface area (Å²) >= 11 is 0. The van der Waals surface area contributed by atoms with Gasteiger partial charge < -0.3 is 0 Å². The first-order chi connectivity index (χ1) is 9.17. The third-order valence-corrected chi connectivity index (χ3v) is 3.37. The molecule has 114 valence electrons. The lowest BCUT2D eigenvalue weighted by atomic mass is 9.85. The summed E-state index contributed by atoms with van der Waals surface area (Å²) in [6.45, 7) is 13.2. The van der Waals surface area contributed by atoms with Gasteiger partial charge in [0, 0.05) is 26.1 Å². The lowest BCUT2D eigenvalue weighted by Crippen LogP contribution is -2.54. The summed E-state index contributed by atoms with van der Waals surface area (Å²) in [6.07, 6.45) is 4.77. The summed E-state index contributed by atoms with van der Waals surface area (Å²) in [5.74, 6) is 0.906. The van der Waals surface area contributed by atoms with Crippen molar-refractivity contribution in [2.45, 2.75) is 79.4 Å². The number of rotatable bonds is 1. The fourth-order valence-corrected chi connectivity index (χ4v) is 2.36. The SMILES string of the molecule is CC.CC.CC#N.CC1CCC(N2CC(F)C2)CC1. The van der Waals surface area contributed by atoms with E-state index >= 15 is 0 Å². The van der Waals surface area contributed by atoms with Crippen LogP contribution in [0.15, 0.2) is 0 Å². The maximum absolute atomic E-state index is 12.6. The van der Waals surface area contributed by atoms with Crippen molar-refractivity contribution in [2.75, 3.05) is 13.1 Å². The highest BCUT2D eigenvalue weighted by molar-refractivity contribution is 4.87. The van der Waals surface area contributed by atoms with E-state index in [4.69, 9.17) is 5.26 Å². The third kappa shape index (κ3) is 8.99. The van der Waals surface area contributed by atoms with E-state index in [0.717, 1.165) is 5.92 Å². The molecule has 0 atom stereocenters. The van der Waals surface area contributed by atoms with Crippen molar-refractivity contribution in [3.8, 4) is 6.07 Å². The molecule has 3 heteroatoms. The minimum atomic E-state index is -0.524. The first-order valence-electron chi connectivity index (χ1n) is 7.86. The van der Waals surface area contributed by atoms with E-state index in [-0.39, 0.29) is 0 Å². The van der Waals surface area contributed by atoms with Gasteiger partial charge in [-0.2, -0.15) is 5.26 Å². The Bertz CT molecular complexity index is 211. The van der Waals surface area contributed by atoms with E-state index < -0.39 is 6.17 Å². The van der Waals surface area contributed by atoms with Crippen molar-refractivity contribution in [1.82, 2.24) is 4.90 Å². The zero-order valence-electron chi connectivity index (χ0n) is 13.7. The van der Waals surface area contributed by atoms with Crippen LogP contribution in [0.3, 0.4) is 0 Å². The second-order valence-electron chi connectivity index (χ2n) is 4.69. The molecule has 0 amide bonds. The van der Waals surface area contributed by atoms with Crippen LogP contribution in [-0.4, -0.2) is 30.2 Å². The summed E-state index contributed by atoms with van der Waals surface area (Å²) in [7, 11) is 0. The summed E-state index contributed by atoms with van der Waals surface area (Å²) in [5.41, 5.74) is 0. The minimum Gasteiger partial charge on any atom is -0.295 e. The number of nitrogens with zero attached hydrogens (tertiary/aromatic N) is 2. The van der Waals surface area contributed by atoms with Crippen LogP contribution in [0, 0.1) is 17.2 Å². The molecule has 0 unspecified atom stereocenters. The topological polar surface area (TPSA) is 27.0 Å². The standard InChI is InChI=1S/C10H18FN.C2H3N.2C2H6/c1-8-2-4-10(5-3-8)12-6-9(11)7-12;1-2-3;2*1-2/h8-10H,2-7H2,1H3;1H3;2*1-2H3. The van der Waals surface area contributed by atoms with E-state index in [2.05, 4.69) is 11.8 Å². The maximum Gasteiger partial charge on any atom is 0.125 e. The molecule has 0 aromatic heterocycles. The molecule has 0 N–H and O–H groups in total. The van der Waals surface area contributed by atoms with Crippen molar-refractivity contribution in [3.05, 3.63) is 0 Å². The molecular weight excluding hydrogens is 239 g/mol. The van der Waals surface area contributed by atoms with Crippen LogP contribution in [0.2, 0.25) is 0 Å². The fourth-order valence-electron chi connectivity index (χ4n) is 2.36. The molecule has 0 bridgehead atoms. The number of likely N-dealkylation sites (tertiary alicyclic amines) is 1. The molecule has 0 aromatic carbocycles. The Hall–Kier alpha value is -0.620. The number of nitriles is 1. The number of hydrogen-bond acceptors (Lipinski definition) is 2. The van der Waals surface area contributed by atoms with Gasteiger partial charge in [0.2, 0.25) is 0 Å². The molecule has 2 nitrogen and oxygen atoms in total. The predicted octanol–water partition coefficient (Wildman–Crippen LogP) is 4.80. The molecule has 1 saturated heterocycles. The quantitative estimate of drug-likeness (QED) is 0.685. The minimum absolute atomic E-state index is 0.524. The van der Waals surface area contributed by atoms with Gasteiger partial charge in [-0.15, -0.1) is 0 Å². The van der Waals surface area contributed by atoms with E-state index in [1.165, 1.54) is 32.6 Å². The molecule has 1 aliphatic carbocycles. The summed E-state index contributed by atoms with van der Waals surface area (Å²) in [6, 6.07) is 2.47. The lowest BCUT2D eigenvalue weighted by molar-refractivity contribution is 0.00934. The molecule has 2 aliphatic rings. The van der Waals surface area contributed by atoms with Crippen molar-refractivity contribution in [3.63, 3.8) is 0 Å². The Labute approximate surface area is 120 Å². The molecule has 2 rings (SSSR count). The highest BCUT2D eigenvalue weighted by atomic mass is 19.1. The van der Waals surface area contributed by atoms with Gasteiger partial charge in [-0.1, -0.05) is 34.6 Å². The van der Waals surface area contributed by atoms with Crippen LogP contribution >= 0.6 is 0 Å². The lowest BCUT2D eigenvalue weighted by Gasteiger charge is -2.43. The Morgan fingerprint density at radius 2 is 1.37 bits per heavy atom. The zero-order chi connectivity index (χ0) is 15.3. The van der Waals surface area contributed by atoms with Gasteiger partial charge in [0.25, 0.3) is 0 Å². The second-order valence-corrected chi connectivity index (χ2v) is 4.69. The van der Waals surface area contributed by atoms with Crippen molar-refractivity contribution in [2.24, 2.45) is 5.92 Å². The van der Waals surface area contributed by atoms with Crippen LogP contribution < -0.4 is 0 Å². The normalized spacial score (nSPS) is 26.0. The highest BCUT2D eigenvalue weighted by Crippen LogP contribution is 2.29. The van der Waals surface area contributed by atoms with Gasteiger partial charge in [-0.25, -0.2) is 4.39 Å². The largest absolute Gasteiger partial charge is 0.295 e. The maximum atomic E-state index is 12.6. The smallest absolute Gasteiger partial charge is 0.125 e. The summed E-state index contributed by atoms with van der Waals surface area (Å²) in [5, 5.41) is 7.32. The Morgan fingerprint density at radius 1 is 1.00 bits per heavy atom. The summed E-state index contributed by atoms with van der Waals surface area (Å²) < 4.78 is 12.6. The summed E-state index contributed by atoms with van der Waals surface area (Å²) in [4.78, 5) is 2.32. The number of halogens is 1. The van der Waals surface area contributed by atoms with E-state index in [0.29, 0.717) is 19.1 Å². The fraction of sp³-hybridized carbons (Fsp3) is 0.938. The van der Waals surface area contributed by atoms with E-state index in [1.54, 1.807) is 6.07 Å². The van der Waals surface area contributed by atoms with Gasteiger partial charge in [0.05, 0.1) is 6.07 Å². The van der Waals surface area contributed by atoms with Crippen molar-refractivity contribution in [1.29, 1.82) is 5.26 Å². The zero-order valence-corrected chi connectivity index (χ0v) is 13.7. The molecule has 0 spiro atoms. The molecule has 2 fully saturated rings. The van der Waals surface area contributed by atoms with Crippen LogP contribution in [-0.2, 0) is 0 Å². The predicted molar refractivity (Wildman–Crippen MR) is 81.9 cm³/mol. The van der Waals surface area contributed by atoms with Crippen LogP contribution in [0.25, 0.3) is 0 Å². The van der Waals surface area contributed by atoms with Gasteiger partial charge in [-0.3, -0.25) is 4.90 Å². The molecule has 1 heterocycles. The molecule has 0 radical (unpaired) electrons. The molecular formula is C16H33FN2. The van der Waals surface area contributed by atoms with Gasteiger partial charge in [0.1, 0.15) is 6.17 Å². The van der Waals surface area contributed by atoms with Crippen molar-refractivity contribution < 1.29 is 4.39 Å². The first-order valence-corrected chi connectivity index (χ1v) is 7.86. The Morgan fingerprint density at radius 3 is 1.68 bits per heavy atom. The van der Waals surface area contributed by atoms with Crippen LogP contribution in [0.4, 0.5) is 4.39 Å². The van der Waals surface area contributed by atoms with Crippen LogP contribution in [0.5, 0.6) is 0 Å². The van der Waals surface area contributed by atoms with Gasteiger partial charge in [-0.05, 0) is 31.6 Å². The average Bonchev–Trinajstić information content (AvgIpc) is 2.42. The molecule has 19 heavy (non-hydrogen) atoms. The number of alkyl halides is 1. The van der Waals surface area contributed by atoms with E-state index in [1.807, 2.05) is 27.7 Å². The molecule has 1 aliphatic heterocycles. The molecule has 0 aromatic rings. The first kappa shape index (κ1) is 20.7. The molecule has 1 saturated carbocycles. The van der Waals surface area contributed by atoms with Crippen LogP contribution in [0.1, 0.15) is 67.2 Å². The third-order valence-electron chi connectivity index (χ3n) is 3.37. The Kier molecular flexibility index (Phi) is 15.0. The Balaban J connectivity index is 0. The highest BCUT2D eigenvalue weighted by Gasteiger charge is 2.33. The van der Waals surface area contributed by atoms with Crippen molar-refractivity contribution >= 4 is 0 Å². The van der Waals surface area contributed by atoms with E-state index in [9.17, 15) is 4.39 Å². The monoisotopic (exact) mass is 272 g/mol. The second kappa shape index (κ2) is 13.8. The van der Waals surface area contributed by atoms with Gasteiger partial charge >= 0.3 is 0 Å².